The summed E-state index contributed by atoms with van der Waals surface area (Å²) < 4.78 is 0. The van der Waals surface area contributed by atoms with Crippen LogP contribution in [0.5, 0.6) is 0 Å². The zero-order valence-corrected chi connectivity index (χ0v) is 10.4. The summed E-state index contributed by atoms with van der Waals surface area (Å²) in [5, 5.41) is 0. The largest absolute Gasteiger partial charge is 0.328 e. The van der Waals surface area contributed by atoms with Gasteiger partial charge < -0.3 is 4.90 Å². The molecule has 0 aliphatic heterocycles. The monoisotopic (exact) mass is 233 g/mol. The lowest BCUT2D eigenvalue weighted by atomic mass is 10.1. The second-order valence-corrected chi connectivity index (χ2v) is 4.04. The maximum atomic E-state index is 12.1. The maximum Gasteiger partial charge on any atom is 0.254 e. The fraction of sp³-hybridized carbons (Fsp3) is 0.308. The van der Waals surface area contributed by atoms with E-state index in [2.05, 4.69) is 18.5 Å². The number of nitrogens with zero attached hydrogens (tertiary/aromatic N) is 1. The van der Waals surface area contributed by atoms with Crippen molar-refractivity contribution in [2.45, 2.75) is 18.7 Å². The highest BCUT2D eigenvalue weighted by Crippen LogP contribution is 2.16. The Hall–Kier alpha value is -1.40. The molecule has 0 aliphatic carbocycles. The molecule has 0 aliphatic rings. The van der Waals surface area contributed by atoms with Gasteiger partial charge in [0.05, 0.1) is 6.54 Å². The molecule has 0 aromatic heterocycles. The van der Waals surface area contributed by atoms with E-state index in [4.69, 9.17) is 6.42 Å². The SMILES string of the molecule is C#CCN(CC)C(=O)c1cc(S)ccc1C. The van der Waals surface area contributed by atoms with Crippen molar-refractivity contribution < 1.29 is 4.79 Å². The Kier molecular flexibility index (Phi) is 4.45. The van der Waals surface area contributed by atoms with Crippen molar-refractivity contribution >= 4 is 18.5 Å². The van der Waals surface area contributed by atoms with Gasteiger partial charge in [0.2, 0.25) is 0 Å². The van der Waals surface area contributed by atoms with Crippen LogP contribution in [0.15, 0.2) is 23.1 Å². The normalized spacial score (nSPS) is 9.62. The fourth-order valence-electron chi connectivity index (χ4n) is 1.45. The molecular formula is C13H15NOS. The standard InChI is InChI=1S/C13H15NOS/c1-4-8-14(5-2)13(15)12-9-11(16)7-6-10(12)3/h1,6-7,9,16H,5,8H2,2-3H3. The highest BCUT2D eigenvalue weighted by Gasteiger charge is 2.15. The Morgan fingerprint density at radius 2 is 2.25 bits per heavy atom. The van der Waals surface area contributed by atoms with Crippen molar-refractivity contribution in [1.29, 1.82) is 0 Å². The van der Waals surface area contributed by atoms with Gasteiger partial charge in [-0.2, -0.15) is 0 Å². The lowest BCUT2D eigenvalue weighted by molar-refractivity contribution is 0.0784. The first kappa shape index (κ1) is 12.7. The predicted octanol–water partition coefficient (Wildman–Crippen LogP) is 2.38. The number of rotatable bonds is 3. The number of aryl methyl sites for hydroxylation is 1. The lowest BCUT2D eigenvalue weighted by Gasteiger charge is -2.19. The van der Waals surface area contributed by atoms with Crippen LogP contribution >= 0.6 is 12.6 Å². The van der Waals surface area contributed by atoms with Crippen LogP contribution in [0.4, 0.5) is 0 Å². The quantitative estimate of drug-likeness (QED) is 0.628. The Morgan fingerprint density at radius 1 is 1.56 bits per heavy atom. The van der Waals surface area contributed by atoms with E-state index in [9.17, 15) is 4.79 Å². The molecule has 0 unspecified atom stereocenters. The van der Waals surface area contributed by atoms with Gasteiger partial charge in [-0.05, 0) is 31.5 Å². The molecule has 0 saturated heterocycles. The second-order valence-electron chi connectivity index (χ2n) is 3.52. The van der Waals surface area contributed by atoms with Crippen molar-refractivity contribution in [3.8, 4) is 12.3 Å². The highest BCUT2D eigenvalue weighted by atomic mass is 32.1. The van der Waals surface area contributed by atoms with Crippen LogP contribution in [0.25, 0.3) is 0 Å². The summed E-state index contributed by atoms with van der Waals surface area (Å²) in [4.78, 5) is 14.6. The van der Waals surface area contributed by atoms with Gasteiger partial charge in [-0.1, -0.05) is 12.0 Å². The molecule has 1 amide bonds. The van der Waals surface area contributed by atoms with Crippen LogP contribution in [-0.2, 0) is 0 Å². The Morgan fingerprint density at radius 3 is 2.81 bits per heavy atom. The molecule has 1 aromatic carbocycles. The third-order valence-electron chi connectivity index (χ3n) is 2.40. The van der Waals surface area contributed by atoms with Crippen LogP contribution in [0.3, 0.4) is 0 Å². The van der Waals surface area contributed by atoms with Crippen LogP contribution in [-0.4, -0.2) is 23.9 Å². The molecule has 3 heteroatoms. The first-order valence-corrected chi connectivity index (χ1v) is 5.57. The van der Waals surface area contributed by atoms with Crippen LogP contribution in [0, 0.1) is 19.3 Å². The number of amides is 1. The number of hydrogen-bond donors (Lipinski definition) is 1. The number of carbonyl (C=O) groups excluding carboxylic acids is 1. The molecule has 0 fully saturated rings. The van der Waals surface area contributed by atoms with Crippen molar-refractivity contribution in [1.82, 2.24) is 4.90 Å². The van der Waals surface area contributed by atoms with E-state index in [0.717, 1.165) is 10.5 Å². The van der Waals surface area contributed by atoms with Crippen molar-refractivity contribution in [2.75, 3.05) is 13.1 Å². The van der Waals surface area contributed by atoms with Crippen LogP contribution in [0.2, 0.25) is 0 Å². The smallest absolute Gasteiger partial charge is 0.254 e. The summed E-state index contributed by atoms with van der Waals surface area (Å²) in [5.41, 5.74) is 1.61. The van der Waals surface area contributed by atoms with E-state index in [0.29, 0.717) is 18.7 Å². The third kappa shape index (κ3) is 2.80. The number of benzene rings is 1. The van der Waals surface area contributed by atoms with Crippen LogP contribution in [0.1, 0.15) is 22.8 Å². The minimum absolute atomic E-state index is 0.0335. The Labute approximate surface area is 102 Å². The minimum atomic E-state index is -0.0335. The number of terminal acetylenes is 1. The van der Waals surface area contributed by atoms with E-state index in [1.807, 2.05) is 26.0 Å². The molecular weight excluding hydrogens is 218 g/mol. The van der Waals surface area contributed by atoms with Gasteiger partial charge >= 0.3 is 0 Å². The molecule has 0 heterocycles. The van der Waals surface area contributed by atoms with Gasteiger partial charge in [0.1, 0.15) is 0 Å². The summed E-state index contributed by atoms with van der Waals surface area (Å²) in [6.45, 7) is 4.77. The molecule has 1 aromatic rings. The summed E-state index contributed by atoms with van der Waals surface area (Å²) >= 11 is 4.23. The van der Waals surface area contributed by atoms with E-state index < -0.39 is 0 Å². The summed E-state index contributed by atoms with van der Waals surface area (Å²) in [7, 11) is 0. The number of carbonyl (C=O) groups is 1. The van der Waals surface area contributed by atoms with Gasteiger partial charge in [-0.3, -0.25) is 4.79 Å². The van der Waals surface area contributed by atoms with Gasteiger partial charge in [0.15, 0.2) is 0 Å². The zero-order chi connectivity index (χ0) is 12.1. The first-order valence-electron chi connectivity index (χ1n) is 5.12. The van der Waals surface area contributed by atoms with Crippen molar-refractivity contribution in [3.63, 3.8) is 0 Å². The highest BCUT2D eigenvalue weighted by molar-refractivity contribution is 7.80. The van der Waals surface area contributed by atoms with Crippen LogP contribution < -0.4 is 0 Å². The predicted molar refractivity (Wildman–Crippen MR) is 68.8 cm³/mol. The van der Waals surface area contributed by atoms with E-state index in [-0.39, 0.29) is 5.91 Å². The summed E-state index contributed by atoms with van der Waals surface area (Å²) in [6.07, 6.45) is 5.23. The molecule has 0 saturated carbocycles. The Balaban J connectivity index is 3.03. The zero-order valence-electron chi connectivity index (χ0n) is 9.53. The van der Waals surface area contributed by atoms with Gasteiger partial charge in [0.25, 0.3) is 5.91 Å². The van der Waals surface area contributed by atoms with E-state index in [1.54, 1.807) is 11.0 Å². The molecule has 0 atom stereocenters. The second kappa shape index (κ2) is 5.62. The van der Waals surface area contributed by atoms with E-state index in [1.165, 1.54) is 0 Å². The number of thiol groups is 1. The molecule has 1 rings (SSSR count). The third-order valence-corrected chi connectivity index (χ3v) is 2.68. The molecule has 2 nitrogen and oxygen atoms in total. The molecule has 16 heavy (non-hydrogen) atoms. The average Bonchev–Trinajstić information content (AvgIpc) is 2.28. The fourth-order valence-corrected chi connectivity index (χ4v) is 1.65. The average molecular weight is 233 g/mol. The van der Waals surface area contributed by atoms with Gasteiger partial charge in [-0.25, -0.2) is 0 Å². The molecule has 84 valence electrons. The number of hydrogen-bond acceptors (Lipinski definition) is 2. The lowest BCUT2D eigenvalue weighted by Crippen LogP contribution is -2.31. The summed E-state index contributed by atoms with van der Waals surface area (Å²) in [6, 6.07) is 5.53. The summed E-state index contributed by atoms with van der Waals surface area (Å²) in [5.74, 6) is 2.46. The Bertz CT molecular complexity index is 434. The molecule has 0 spiro atoms. The molecule has 0 N–H and O–H groups in total. The van der Waals surface area contributed by atoms with E-state index >= 15 is 0 Å². The van der Waals surface area contributed by atoms with Gasteiger partial charge in [0, 0.05) is 17.0 Å². The van der Waals surface area contributed by atoms with Crippen molar-refractivity contribution in [3.05, 3.63) is 29.3 Å². The topological polar surface area (TPSA) is 20.3 Å². The minimum Gasteiger partial charge on any atom is -0.328 e. The van der Waals surface area contributed by atoms with Gasteiger partial charge in [-0.15, -0.1) is 19.1 Å². The first-order chi connectivity index (χ1) is 7.60. The van der Waals surface area contributed by atoms with Crippen molar-refractivity contribution in [2.24, 2.45) is 0 Å². The maximum absolute atomic E-state index is 12.1. The molecule has 0 radical (unpaired) electrons. The molecule has 0 bridgehead atoms.